The molecule has 2 aromatic carbocycles. The van der Waals surface area contributed by atoms with Crippen molar-refractivity contribution in [3.63, 3.8) is 0 Å². The topological polar surface area (TPSA) is 29.5 Å². The van der Waals surface area contributed by atoms with Crippen molar-refractivity contribution in [1.29, 1.82) is 0 Å². The molecular weight excluding hydrogens is 248 g/mol. The molecule has 2 aromatic rings. The fraction of sp³-hybridized carbons (Fsp3) is 0.222. The molecule has 1 heterocycles. The lowest BCUT2D eigenvalue weighted by Crippen LogP contribution is -2.24. The molecule has 1 aliphatic rings. The number of para-hydroxylation sites is 1. The molecule has 3 rings (SSSR count). The highest BCUT2D eigenvalue weighted by molar-refractivity contribution is 5.52. The summed E-state index contributed by atoms with van der Waals surface area (Å²) in [6.45, 7) is 2.08. The molecule has 2 unspecified atom stereocenters. The van der Waals surface area contributed by atoms with E-state index in [2.05, 4.69) is 49.4 Å². The Balaban J connectivity index is 1.85. The number of ether oxygens (including phenoxy) is 1. The maximum Gasteiger partial charge on any atom is 0.198 e. The smallest absolute Gasteiger partial charge is 0.198 e. The fourth-order valence-electron chi connectivity index (χ4n) is 2.52. The van der Waals surface area contributed by atoms with Gasteiger partial charge in [0.25, 0.3) is 0 Å². The molecule has 2 nitrogen and oxygen atoms in total. The van der Waals surface area contributed by atoms with E-state index in [-0.39, 0.29) is 5.92 Å². The Morgan fingerprint density at radius 3 is 2.65 bits per heavy atom. The summed E-state index contributed by atoms with van der Waals surface area (Å²) in [4.78, 5) is 0. The molecule has 2 atom stereocenters. The second-order valence-corrected chi connectivity index (χ2v) is 5.22. The van der Waals surface area contributed by atoms with Crippen LogP contribution in [0, 0.1) is 6.92 Å². The quantitative estimate of drug-likeness (QED) is 0.893. The van der Waals surface area contributed by atoms with E-state index in [0.717, 1.165) is 11.3 Å². The number of rotatable bonds is 2. The van der Waals surface area contributed by atoms with Crippen LogP contribution in [-0.2, 0) is 0 Å². The van der Waals surface area contributed by atoms with Gasteiger partial charge in [0.05, 0.1) is 0 Å². The molecule has 0 bridgehead atoms. The van der Waals surface area contributed by atoms with Gasteiger partial charge in [-0.15, -0.1) is 0 Å². The van der Waals surface area contributed by atoms with Gasteiger partial charge in [-0.3, -0.25) is 0 Å². The Bertz CT molecular complexity index is 614. The van der Waals surface area contributed by atoms with Crippen molar-refractivity contribution < 1.29 is 9.84 Å². The third-order valence-corrected chi connectivity index (χ3v) is 3.64. The molecule has 1 aliphatic heterocycles. The lowest BCUT2D eigenvalue weighted by atomic mass is 9.91. The van der Waals surface area contributed by atoms with Gasteiger partial charge >= 0.3 is 0 Å². The van der Waals surface area contributed by atoms with Gasteiger partial charge in [0.15, 0.2) is 6.29 Å². The number of hydrogen-bond donors (Lipinski definition) is 1. The highest BCUT2D eigenvalue weighted by Gasteiger charge is 2.24. The molecular formula is C18H18O2. The highest BCUT2D eigenvalue weighted by Crippen LogP contribution is 2.36. The molecule has 0 radical (unpaired) electrons. The number of allylic oxidation sites excluding steroid dienone is 1. The Morgan fingerprint density at radius 2 is 1.85 bits per heavy atom. The van der Waals surface area contributed by atoms with Gasteiger partial charge in [0.1, 0.15) is 5.75 Å². The maximum atomic E-state index is 9.80. The lowest BCUT2D eigenvalue weighted by Gasteiger charge is -2.27. The molecule has 1 N–H and O–H groups in total. The average molecular weight is 266 g/mol. The molecule has 0 fully saturated rings. The van der Waals surface area contributed by atoms with Gasteiger partial charge in [-0.25, -0.2) is 0 Å². The minimum atomic E-state index is -0.724. The van der Waals surface area contributed by atoms with Crippen molar-refractivity contribution in [3.8, 4) is 5.75 Å². The summed E-state index contributed by atoms with van der Waals surface area (Å²) in [5, 5.41) is 9.80. The second-order valence-electron chi connectivity index (χ2n) is 5.22. The van der Waals surface area contributed by atoms with Crippen molar-refractivity contribution in [2.45, 2.75) is 25.6 Å². The van der Waals surface area contributed by atoms with Crippen molar-refractivity contribution in [1.82, 2.24) is 0 Å². The van der Waals surface area contributed by atoms with Crippen LogP contribution in [0.4, 0.5) is 0 Å². The molecule has 0 aliphatic carbocycles. The molecule has 102 valence electrons. The third kappa shape index (κ3) is 2.75. The second kappa shape index (κ2) is 5.51. The first kappa shape index (κ1) is 12.9. The minimum Gasteiger partial charge on any atom is -0.465 e. The third-order valence-electron chi connectivity index (χ3n) is 3.64. The van der Waals surface area contributed by atoms with Crippen LogP contribution in [0.2, 0.25) is 0 Å². The molecule has 20 heavy (non-hydrogen) atoms. The van der Waals surface area contributed by atoms with Gasteiger partial charge < -0.3 is 9.84 Å². The van der Waals surface area contributed by atoms with Crippen LogP contribution in [0.15, 0.2) is 54.6 Å². The number of aryl methyl sites for hydroxylation is 1. The van der Waals surface area contributed by atoms with Crippen LogP contribution in [0.3, 0.4) is 0 Å². The Hall–Kier alpha value is -2.06. The Morgan fingerprint density at radius 1 is 1.10 bits per heavy atom. The van der Waals surface area contributed by atoms with E-state index in [0.29, 0.717) is 6.42 Å². The minimum absolute atomic E-state index is 0.191. The zero-order valence-corrected chi connectivity index (χ0v) is 11.5. The molecule has 2 heteroatoms. The van der Waals surface area contributed by atoms with Gasteiger partial charge in [0, 0.05) is 17.9 Å². The first-order valence-electron chi connectivity index (χ1n) is 6.91. The number of hydrogen-bond acceptors (Lipinski definition) is 2. The SMILES string of the molecule is Cc1ccc(C=CC2CC(O)Oc3ccccc32)cc1. The summed E-state index contributed by atoms with van der Waals surface area (Å²) >= 11 is 0. The predicted octanol–water partition coefficient (Wildman–Crippen LogP) is 3.89. The Kier molecular flexibility index (Phi) is 3.57. The number of aliphatic hydroxyl groups is 1. The zero-order valence-electron chi connectivity index (χ0n) is 11.5. The molecule has 0 saturated heterocycles. The maximum absolute atomic E-state index is 9.80. The van der Waals surface area contributed by atoms with Crippen molar-refractivity contribution in [2.75, 3.05) is 0 Å². The van der Waals surface area contributed by atoms with Crippen molar-refractivity contribution in [3.05, 3.63) is 71.3 Å². The first-order valence-corrected chi connectivity index (χ1v) is 6.91. The van der Waals surface area contributed by atoms with Crippen LogP contribution in [0.5, 0.6) is 5.75 Å². The van der Waals surface area contributed by atoms with E-state index in [1.807, 2.05) is 18.2 Å². The zero-order chi connectivity index (χ0) is 13.9. The summed E-state index contributed by atoms with van der Waals surface area (Å²) in [6, 6.07) is 16.3. The van der Waals surface area contributed by atoms with Gasteiger partial charge in [0.2, 0.25) is 0 Å². The van der Waals surface area contributed by atoms with E-state index < -0.39 is 6.29 Å². The monoisotopic (exact) mass is 266 g/mol. The van der Waals surface area contributed by atoms with E-state index in [4.69, 9.17) is 4.74 Å². The van der Waals surface area contributed by atoms with Gasteiger partial charge in [-0.2, -0.15) is 0 Å². The van der Waals surface area contributed by atoms with Gasteiger partial charge in [-0.05, 0) is 18.6 Å². The summed E-state index contributed by atoms with van der Waals surface area (Å²) in [5.41, 5.74) is 3.57. The van der Waals surface area contributed by atoms with Crippen LogP contribution < -0.4 is 4.74 Å². The lowest BCUT2D eigenvalue weighted by molar-refractivity contribution is -0.0352. The van der Waals surface area contributed by atoms with E-state index in [1.54, 1.807) is 0 Å². The summed E-state index contributed by atoms with van der Waals surface area (Å²) in [7, 11) is 0. The van der Waals surface area contributed by atoms with E-state index in [9.17, 15) is 5.11 Å². The molecule has 0 saturated carbocycles. The Labute approximate surface area is 119 Å². The average Bonchev–Trinajstić information content (AvgIpc) is 2.46. The number of aliphatic hydroxyl groups excluding tert-OH is 1. The fourth-order valence-corrected chi connectivity index (χ4v) is 2.52. The predicted molar refractivity (Wildman–Crippen MR) is 80.6 cm³/mol. The van der Waals surface area contributed by atoms with Crippen molar-refractivity contribution in [2.24, 2.45) is 0 Å². The standard InChI is InChI=1S/C18H18O2/c1-13-6-8-14(9-7-13)10-11-15-12-18(19)20-17-5-3-2-4-16(15)17/h2-11,15,18-19H,12H2,1H3. The normalized spacial score (nSPS) is 21.5. The number of fused-ring (bicyclic) bond motifs is 1. The van der Waals surface area contributed by atoms with Crippen LogP contribution >= 0.6 is 0 Å². The number of benzene rings is 2. The highest BCUT2D eigenvalue weighted by atomic mass is 16.6. The van der Waals surface area contributed by atoms with Crippen LogP contribution in [0.1, 0.15) is 29.0 Å². The van der Waals surface area contributed by atoms with E-state index >= 15 is 0 Å². The molecule has 0 spiro atoms. The van der Waals surface area contributed by atoms with Crippen LogP contribution in [0.25, 0.3) is 6.08 Å². The molecule has 0 amide bonds. The first-order chi connectivity index (χ1) is 9.72. The summed E-state index contributed by atoms with van der Waals surface area (Å²) in [5.74, 6) is 0.973. The van der Waals surface area contributed by atoms with E-state index in [1.165, 1.54) is 11.1 Å². The summed E-state index contributed by atoms with van der Waals surface area (Å²) in [6.07, 6.45) is 4.13. The largest absolute Gasteiger partial charge is 0.465 e. The van der Waals surface area contributed by atoms with Crippen molar-refractivity contribution >= 4 is 6.08 Å². The van der Waals surface area contributed by atoms with Crippen LogP contribution in [-0.4, -0.2) is 11.4 Å². The molecule has 0 aromatic heterocycles. The van der Waals surface area contributed by atoms with Gasteiger partial charge in [-0.1, -0.05) is 60.2 Å². The summed E-state index contributed by atoms with van der Waals surface area (Å²) < 4.78 is 5.45.